The monoisotopic (exact) mass is 400 g/mol. The van der Waals surface area contributed by atoms with Crippen LogP contribution in [0.15, 0.2) is 18.2 Å². The molecule has 0 radical (unpaired) electrons. The van der Waals surface area contributed by atoms with Gasteiger partial charge in [-0.3, -0.25) is 4.79 Å². The second-order valence-electron chi connectivity index (χ2n) is 9.03. The van der Waals surface area contributed by atoms with Crippen LogP contribution >= 0.6 is 0 Å². The fraction of sp³-hybridized carbons (Fsp3) is 0.720. The molecule has 29 heavy (non-hydrogen) atoms. The van der Waals surface area contributed by atoms with E-state index in [1.807, 2.05) is 13.0 Å². The molecule has 2 aliphatic rings. The largest absolute Gasteiger partial charge is 0.492 e. The van der Waals surface area contributed by atoms with Gasteiger partial charge in [0.05, 0.1) is 12.3 Å². The van der Waals surface area contributed by atoms with E-state index >= 15 is 0 Å². The maximum atomic E-state index is 12.9. The molecule has 1 unspecified atom stereocenters. The van der Waals surface area contributed by atoms with E-state index in [9.17, 15) is 4.79 Å². The molecule has 1 saturated carbocycles. The van der Waals surface area contributed by atoms with E-state index in [4.69, 9.17) is 4.74 Å². The summed E-state index contributed by atoms with van der Waals surface area (Å²) in [5, 5.41) is 6.67. The van der Waals surface area contributed by atoms with Gasteiger partial charge in [0.15, 0.2) is 0 Å². The number of nitrogens with one attached hydrogen (secondary N) is 2. The topological polar surface area (TPSA) is 50.4 Å². The van der Waals surface area contributed by atoms with E-state index in [1.54, 1.807) is 0 Å². The molecule has 2 N–H and O–H groups in total. The molecule has 4 nitrogen and oxygen atoms in total. The molecule has 1 amide bonds. The fourth-order valence-electron chi connectivity index (χ4n) is 4.94. The van der Waals surface area contributed by atoms with Gasteiger partial charge in [-0.15, -0.1) is 0 Å². The van der Waals surface area contributed by atoms with Crippen molar-refractivity contribution in [2.24, 2.45) is 17.8 Å². The van der Waals surface area contributed by atoms with E-state index in [0.717, 1.165) is 49.7 Å². The van der Waals surface area contributed by atoms with E-state index < -0.39 is 0 Å². The highest BCUT2D eigenvalue weighted by Crippen LogP contribution is 2.34. The Morgan fingerprint density at radius 3 is 2.66 bits per heavy atom. The minimum Gasteiger partial charge on any atom is -0.492 e. The minimum absolute atomic E-state index is 0.148. The van der Waals surface area contributed by atoms with Crippen LogP contribution in [0.25, 0.3) is 0 Å². The number of benzene rings is 1. The molecule has 0 aromatic heterocycles. The predicted octanol–water partition coefficient (Wildman–Crippen LogP) is 5.56. The normalized spacial score (nSPS) is 24.8. The molecule has 3 rings (SSSR count). The number of unbranched alkanes of at least 4 members (excludes halogenated alkanes) is 1. The predicted molar refractivity (Wildman–Crippen MR) is 121 cm³/mol. The first-order valence-electron chi connectivity index (χ1n) is 12.0. The molecule has 1 heterocycles. The molecule has 0 bridgehead atoms. The Hall–Kier alpha value is -1.55. The Balaban J connectivity index is 1.57. The molecule has 4 heteroatoms. The Kier molecular flexibility index (Phi) is 8.85. The lowest BCUT2D eigenvalue weighted by Gasteiger charge is -2.28. The lowest BCUT2D eigenvalue weighted by atomic mass is 9.79. The van der Waals surface area contributed by atoms with Crippen molar-refractivity contribution in [3.63, 3.8) is 0 Å². The zero-order chi connectivity index (χ0) is 20.5. The Labute approximate surface area is 177 Å². The van der Waals surface area contributed by atoms with E-state index in [-0.39, 0.29) is 11.8 Å². The molecular formula is C25H40N2O2. The van der Waals surface area contributed by atoms with E-state index in [2.05, 4.69) is 29.7 Å². The van der Waals surface area contributed by atoms with Gasteiger partial charge in [-0.25, -0.2) is 0 Å². The third-order valence-corrected chi connectivity index (χ3v) is 6.71. The van der Waals surface area contributed by atoms with Crippen molar-refractivity contribution < 1.29 is 9.53 Å². The third kappa shape index (κ3) is 6.74. The van der Waals surface area contributed by atoms with Crippen LogP contribution in [0.1, 0.15) is 77.2 Å². The Morgan fingerprint density at radius 2 is 1.97 bits per heavy atom. The summed E-state index contributed by atoms with van der Waals surface area (Å²) in [7, 11) is 0. The van der Waals surface area contributed by atoms with Gasteiger partial charge in [-0.1, -0.05) is 32.3 Å². The molecule has 1 aliphatic heterocycles. The molecule has 1 saturated heterocycles. The summed E-state index contributed by atoms with van der Waals surface area (Å²) in [4.78, 5) is 12.9. The number of hydrogen-bond donors (Lipinski definition) is 2. The van der Waals surface area contributed by atoms with Crippen molar-refractivity contribution in [2.75, 3.05) is 25.0 Å². The number of piperidine rings is 1. The highest BCUT2D eigenvalue weighted by molar-refractivity contribution is 5.94. The number of hydrogen-bond acceptors (Lipinski definition) is 3. The maximum Gasteiger partial charge on any atom is 0.227 e. The van der Waals surface area contributed by atoms with Gasteiger partial charge in [0, 0.05) is 5.92 Å². The molecule has 0 spiro atoms. The van der Waals surface area contributed by atoms with Gasteiger partial charge < -0.3 is 15.4 Å². The van der Waals surface area contributed by atoms with Crippen LogP contribution in [0.3, 0.4) is 0 Å². The summed E-state index contributed by atoms with van der Waals surface area (Å²) < 4.78 is 5.89. The van der Waals surface area contributed by atoms with E-state index in [0.29, 0.717) is 12.5 Å². The third-order valence-electron chi connectivity index (χ3n) is 6.71. The SMILES string of the molecule is CCCCC1CCC(C(=O)Nc2ccc(CC3CCCNC3)cc2OCC)CC1. The van der Waals surface area contributed by atoms with Gasteiger partial charge >= 0.3 is 0 Å². The Bertz CT molecular complexity index is 632. The number of amides is 1. The number of rotatable bonds is 9. The summed E-state index contributed by atoms with van der Waals surface area (Å²) in [5.41, 5.74) is 2.13. The summed E-state index contributed by atoms with van der Waals surface area (Å²) in [6, 6.07) is 6.34. The van der Waals surface area contributed by atoms with Crippen molar-refractivity contribution >= 4 is 11.6 Å². The van der Waals surface area contributed by atoms with Crippen LogP contribution < -0.4 is 15.4 Å². The minimum atomic E-state index is 0.148. The fourth-order valence-corrected chi connectivity index (χ4v) is 4.94. The number of anilines is 1. The first-order valence-corrected chi connectivity index (χ1v) is 12.0. The average molecular weight is 401 g/mol. The molecule has 1 aromatic carbocycles. The quantitative estimate of drug-likeness (QED) is 0.570. The van der Waals surface area contributed by atoms with Crippen molar-refractivity contribution in [3.8, 4) is 5.75 Å². The van der Waals surface area contributed by atoms with Gasteiger partial charge in [0.25, 0.3) is 0 Å². The smallest absolute Gasteiger partial charge is 0.227 e. The molecule has 1 atom stereocenters. The molecular weight excluding hydrogens is 360 g/mol. The lowest BCUT2D eigenvalue weighted by Crippen LogP contribution is -2.30. The highest BCUT2D eigenvalue weighted by atomic mass is 16.5. The van der Waals surface area contributed by atoms with Crippen LogP contribution in [-0.2, 0) is 11.2 Å². The zero-order valence-corrected chi connectivity index (χ0v) is 18.5. The first kappa shape index (κ1) is 22.1. The number of carbonyl (C=O) groups excluding carboxylic acids is 1. The summed E-state index contributed by atoms with van der Waals surface area (Å²) in [6.45, 7) is 7.11. The highest BCUT2D eigenvalue weighted by Gasteiger charge is 2.26. The van der Waals surface area contributed by atoms with Crippen LogP contribution in [0.2, 0.25) is 0 Å². The van der Waals surface area contributed by atoms with Crippen LogP contribution in [0, 0.1) is 17.8 Å². The van der Waals surface area contributed by atoms with Crippen LogP contribution in [-0.4, -0.2) is 25.6 Å². The average Bonchev–Trinajstić information content (AvgIpc) is 2.75. The van der Waals surface area contributed by atoms with Crippen LogP contribution in [0.5, 0.6) is 5.75 Å². The van der Waals surface area contributed by atoms with Crippen LogP contribution in [0.4, 0.5) is 5.69 Å². The van der Waals surface area contributed by atoms with Gasteiger partial charge in [0.1, 0.15) is 5.75 Å². The second kappa shape index (κ2) is 11.6. The standard InChI is InChI=1S/C25H40N2O2/c1-3-5-7-19-9-12-22(13-10-19)25(28)27-23-14-11-20(17-24(23)29-4-2)16-21-8-6-15-26-18-21/h11,14,17,19,21-22,26H,3-10,12-13,15-16,18H2,1-2H3,(H,27,28). The number of carbonyl (C=O) groups is 1. The number of ether oxygens (including phenoxy) is 1. The van der Waals surface area contributed by atoms with Gasteiger partial charge in [-0.05, 0) is 94.5 Å². The van der Waals surface area contributed by atoms with Crippen molar-refractivity contribution in [1.82, 2.24) is 5.32 Å². The first-order chi connectivity index (χ1) is 14.2. The van der Waals surface area contributed by atoms with E-state index in [1.165, 1.54) is 50.5 Å². The van der Waals surface area contributed by atoms with Gasteiger partial charge in [-0.2, -0.15) is 0 Å². The van der Waals surface area contributed by atoms with Crippen molar-refractivity contribution in [1.29, 1.82) is 0 Å². The van der Waals surface area contributed by atoms with Gasteiger partial charge in [0.2, 0.25) is 5.91 Å². The Morgan fingerprint density at radius 1 is 1.14 bits per heavy atom. The molecule has 162 valence electrons. The zero-order valence-electron chi connectivity index (χ0n) is 18.5. The summed E-state index contributed by atoms with van der Waals surface area (Å²) in [6.07, 6.45) is 12.0. The molecule has 2 fully saturated rings. The summed E-state index contributed by atoms with van der Waals surface area (Å²) >= 11 is 0. The molecule has 1 aliphatic carbocycles. The molecule has 1 aromatic rings. The summed E-state index contributed by atoms with van der Waals surface area (Å²) in [5.74, 6) is 2.66. The maximum absolute atomic E-state index is 12.9. The van der Waals surface area contributed by atoms with Crippen molar-refractivity contribution in [2.45, 2.75) is 78.1 Å². The van der Waals surface area contributed by atoms with Crippen molar-refractivity contribution in [3.05, 3.63) is 23.8 Å². The lowest BCUT2D eigenvalue weighted by molar-refractivity contribution is -0.121. The second-order valence-corrected chi connectivity index (χ2v) is 9.03.